The van der Waals surface area contributed by atoms with Crippen molar-refractivity contribution in [3.8, 4) is 12.3 Å². The molecule has 0 aliphatic carbocycles. The minimum Gasteiger partial charge on any atom is -0.352 e. The van der Waals surface area contributed by atoms with Crippen LogP contribution in [0.15, 0.2) is 30.9 Å². The maximum atomic E-state index is 12.9. The van der Waals surface area contributed by atoms with Gasteiger partial charge in [-0.15, -0.1) is 12.3 Å². The summed E-state index contributed by atoms with van der Waals surface area (Å²) in [7, 11) is 0. The minimum atomic E-state index is -4.65. The van der Waals surface area contributed by atoms with E-state index in [-0.39, 0.29) is 17.8 Å². The molecular weight excluding hydrogens is 309 g/mol. The molecule has 4 nitrogen and oxygen atoms in total. The van der Waals surface area contributed by atoms with E-state index < -0.39 is 23.6 Å². The van der Waals surface area contributed by atoms with Crippen LogP contribution in [0.4, 0.5) is 18.9 Å². The molecule has 23 heavy (non-hydrogen) atoms. The lowest BCUT2D eigenvalue weighted by atomic mass is 10.1. The van der Waals surface area contributed by atoms with E-state index in [1.165, 1.54) is 0 Å². The summed E-state index contributed by atoms with van der Waals surface area (Å²) in [5.41, 5.74) is -1.38. The Morgan fingerprint density at radius 1 is 1.30 bits per heavy atom. The summed E-state index contributed by atoms with van der Waals surface area (Å²) in [6.07, 6.45) is 2.30. The van der Waals surface area contributed by atoms with Crippen molar-refractivity contribution >= 4 is 17.5 Å². The van der Waals surface area contributed by atoms with Crippen LogP contribution in [-0.2, 0) is 11.0 Å². The third kappa shape index (κ3) is 5.87. The van der Waals surface area contributed by atoms with Gasteiger partial charge in [-0.1, -0.05) is 6.58 Å². The van der Waals surface area contributed by atoms with E-state index in [1.54, 1.807) is 0 Å². The molecule has 7 heteroatoms. The van der Waals surface area contributed by atoms with E-state index in [2.05, 4.69) is 23.1 Å². The van der Waals surface area contributed by atoms with E-state index in [1.807, 2.05) is 0 Å². The van der Waals surface area contributed by atoms with Crippen molar-refractivity contribution in [2.75, 3.05) is 11.9 Å². The van der Waals surface area contributed by atoms with Crippen molar-refractivity contribution in [2.45, 2.75) is 19.0 Å². The molecule has 0 spiro atoms. The molecule has 0 aliphatic heterocycles. The zero-order valence-electron chi connectivity index (χ0n) is 12.2. The Hall–Kier alpha value is -2.75. The molecule has 0 atom stereocenters. The van der Waals surface area contributed by atoms with Crippen LogP contribution < -0.4 is 10.6 Å². The summed E-state index contributed by atoms with van der Waals surface area (Å²) >= 11 is 0. The molecule has 1 aromatic rings. The number of alkyl halides is 3. The van der Waals surface area contributed by atoms with Gasteiger partial charge in [-0.05, 0) is 30.7 Å². The van der Waals surface area contributed by atoms with Gasteiger partial charge in [-0.25, -0.2) is 0 Å². The largest absolute Gasteiger partial charge is 0.416 e. The molecule has 0 heterocycles. The van der Waals surface area contributed by atoms with E-state index in [9.17, 15) is 22.8 Å². The van der Waals surface area contributed by atoms with Crippen molar-refractivity contribution in [2.24, 2.45) is 0 Å². The number of hydrogen-bond donors (Lipinski definition) is 2. The number of hydrogen-bond acceptors (Lipinski definition) is 2. The number of benzene rings is 1. The van der Waals surface area contributed by atoms with Gasteiger partial charge in [0.15, 0.2) is 0 Å². The Morgan fingerprint density at radius 3 is 2.57 bits per heavy atom. The Morgan fingerprint density at radius 2 is 2.00 bits per heavy atom. The van der Waals surface area contributed by atoms with Crippen molar-refractivity contribution in [1.29, 1.82) is 0 Å². The highest BCUT2D eigenvalue weighted by molar-refractivity contribution is 6.01. The maximum Gasteiger partial charge on any atom is 0.416 e. The molecule has 0 saturated carbocycles. The number of unbranched alkanes of at least 4 members (excludes halogenated alkanes) is 1. The second-order valence-electron chi connectivity index (χ2n) is 4.55. The standard InChI is InChI=1S/C16H15F3N2O2/c1-3-5-6-7-20-15(23)11-8-12(16(17,18)19)10-13(9-11)21-14(22)4-2/h1,4,8-10H,2,5-7H2,(H,20,23)(H,21,22). The average Bonchev–Trinajstić information content (AvgIpc) is 2.50. The van der Waals surface area contributed by atoms with E-state index in [4.69, 9.17) is 6.42 Å². The SMILES string of the molecule is C#CCCCNC(=O)c1cc(NC(=O)C=C)cc(C(F)(F)F)c1. The first kappa shape index (κ1) is 18.3. The monoisotopic (exact) mass is 324 g/mol. The fourth-order valence-corrected chi connectivity index (χ4v) is 1.68. The lowest BCUT2D eigenvalue weighted by Crippen LogP contribution is -2.25. The van der Waals surface area contributed by atoms with Gasteiger partial charge < -0.3 is 10.6 Å². The number of rotatable bonds is 6. The van der Waals surface area contributed by atoms with Crippen LogP contribution in [0.2, 0.25) is 0 Å². The lowest BCUT2D eigenvalue weighted by Gasteiger charge is -2.12. The molecule has 0 aliphatic rings. The van der Waals surface area contributed by atoms with E-state index >= 15 is 0 Å². The van der Waals surface area contributed by atoms with Crippen LogP contribution in [0.3, 0.4) is 0 Å². The van der Waals surface area contributed by atoms with Crippen molar-refractivity contribution in [3.63, 3.8) is 0 Å². The van der Waals surface area contributed by atoms with Gasteiger partial charge in [-0.2, -0.15) is 13.2 Å². The summed E-state index contributed by atoms with van der Waals surface area (Å²) < 4.78 is 38.7. The van der Waals surface area contributed by atoms with Crippen LogP contribution in [0, 0.1) is 12.3 Å². The summed E-state index contributed by atoms with van der Waals surface area (Å²) in [6, 6.07) is 2.63. The Bertz CT molecular complexity index is 646. The first-order valence-corrected chi connectivity index (χ1v) is 6.65. The molecule has 0 fully saturated rings. The van der Waals surface area contributed by atoms with Crippen LogP contribution in [0.5, 0.6) is 0 Å². The molecule has 2 N–H and O–H groups in total. The second kappa shape index (κ2) is 8.03. The summed E-state index contributed by atoms with van der Waals surface area (Å²) in [4.78, 5) is 23.2. The predicted octanol–water partition coefficient (Wildman–Crippen LogP) is 2.97. The second-order valence-corrected chi connectivity index (χ2v) is 4.55. The normalized spacial score (nSPS) is 10.5. The van der Waals surface area contributed by atoms with Gasteiger partial charge in [-0.3, -0.25) is 9.59 Å². The quantitative estimate of drug-likeness (QED) is 0.480. The smallest absolute Gasteiger partial charge is 0.352 e. The molecule has 2 amide bonds. The van der Waals surface area contributed by atoms with Crippen LogP contribution in [-0.4, -0.2) is 18.4 Å². The zero-order chi connectivity index (χ0) is 17.5. The van der Waals surface area contributed by atoms with Crippen LogP contribution in [0.1, 0.15) is 28.8 Å². The summed E-state index contributed by atoms with van der Waals surface area (Å²) in [5.74, 6) is 1.04. The predicted molar refractivity (Wildman–Crippen MR) is 80.7 cm³/mol. The molecule has 0 unspecified atom stereocenters. The fraction of sp³-hybridized carbons (Fsp3) is 0.250. The van der Waals surface area contributed by atoms with Crippen molar-refractivity contribution in [3.05, 3.63) is 42.0 Å². The van der Waals surface area contributed by atoms with Gasteiger partial charge in [0.1, 0.15) is 0 Å². The number of halogens is 3. The highest BCUT2D eigenvalue weighted by Gasteiger charge is 2.32. The third-order valence-electron chi connectivity index (χ3n) is 2.76. The molecule has 122 valence electrons. The van der Waals surface area contributed by atoms with Gasteiger partial charge in [0.05, 0.1) is 5.56 Å². The summed E-state index contributed by atoms with van der Waals surface area (Å²) in [5, 5.41) is 4.68. The number of anilines is 1. The summed E-state index contributed by atoms with van der Waals surface area (Å²) in [6.45, 7) is 3.46. The van der Waals surface area contributed by atoms with Gasteiger partial charge in [0.25, 0.3) is 5.91 Å². The highest BCUT2D eigenvalue weighted by Crippen LogP contribution is 2.32. The zero-order valence-corrected chi connectivity index (χ0v) is 12.2. The number of carbonyl (C=O) groups excluding carboxylic acids is 2. The average molecular weight is 324 g/mol. The van der Waals surface area contributed by atoms with E-state index in [0.717, 1.165) is 24.3 Å². The molecular formula is C16H15F3N2O2. The van der Waals surface area contributed by atoms with Gasteiger partial charge in [0, 0.05) is 24.2 Å². The Kier molecular flexibility index (Phi) is 6.39. The topological polar surface area (TPSA) is 58.2 Å². The number of amides is 2. The number of carbonyl (C=O) groups is 2. The van der Waals surface area contributed by atoms with Crippen LogP contribution >= 0.6 is 0 Å². The highest BCUT2D eigenvalue weighted by atomic mass is 19.4. The first-order valence-electron chi connectivity index (χ1n) is 6.65. The third-order valence-corrected chi connectivity index (χ3v) is 2.76. The molecule has 1 aromatic carbocycles. The molecule has 0 saturated heterocycles. The Labute approximate surface area is 131 Å². The minimum absolute atomic E-state index is 0.140. The molecule has 0 aromatic heterocycles. The molecule has 0 radical (unpaired) electrons. The van der Waals surface area contributed by atoms with Crippen molar-refractivity contribution < 1.29 is 22.8 Å². The number of terminal acetylenes is 1. The van der Waals surface area contributed by atoms with Gasteiger partial charge >= 0.3 is 6.18 Å². The lowest BCUT2D eigenvalue weighted by molar-refractivity contribution is -0.137. The van der Waals surface area contributed by atoms with Crippen LogP contribution in [0.25, 0.3) is 0 Å². The molecule has 0 bridgehead atoms. The fourth-order valence-electron chi connectivity index (χ4n) is 1.68. The number of nitrogens with one attached hydrogen (secondary N) is 2. The Balaban J connectivity index is 3.03. The van der Waals surface area contributed by atoms with Crippen molar-refractivity contribution in [1.82, 2.24) is 5.32 Å². The van der Waals surface area contributed by atoms with E-state index in [0.29, 0.717) is 12.8 Å². The maximum absolute atomic E-state index is 12.9. The van der Waals surface area contributed by atoms with Gasteiger partial charge in [0.2, 0.25) is 5.91 Å². The molecule has 1 rings (SSSR count). The first-order chi connectivity index (χ1) is 10.8.